The fourth-order valence-corrected chi connectivity index (χ4v) is 2.48. The standard InChI is InChI=1S/C12H11NOS/c1-2-4-12-10(3-1)13-11(7-14-12)9-5-6-15-8-9/h1-6,8,11,13H,7H2/t11-/m0/s1. The summed E-state index contributed by atoms with van der Waals surface area (Å²) in [7, 11) is 0. The van der Waals surface area contributed by atoms with Crippen molar-refractivity contribution in [2.24, 2.45) is 0 Å². The Morgan fingerprint density at radius 1 is 1.27 bits per heavy atom. The molecule has 3 heteroatoms. The van der Waals surface area contributed by atoms with Crippen LogP contribution in [0.25, 0.3) is 0 Å². The van der Waals surface area contributed by atoms with E-state index in [1.54, 1.807) is 11.3 Å². The van der Waals surface area contributed by atoms with Crippen molar-refractivity contribution in [3.05, 3.63) is 46.7 Å². The minimum absolute atomic E-state index is 0.283. The van der Waals surface area contributed by atoms with Gasteiger partial charge in [0.05, 0.1) is 11.7 Å². The van der Waals surface area contributed by atoms with E-state index in [4.69, 9.17) is 4.74 Å². The molecule has 15 heavy (non-hydrogen) atoms. The first-order chi connectivity index (χ1) is 7.43. The summed E-state index contributed by atoms with van der Waals surface area (Å²) in [5, 5.41) is 7.74. The predicted molar refractivity (Wildman–Crippen MR) is 62.6 cm³/mol. The number of benzene rings is 1. The first-order valence-electron chi connectivity index (χ1n) is 4.94. The van der Waals surface area contributed by atoms with Crippen LogP contribution < -0.4 is 10.1 Å². The number of ether oxygens (including phenoxy) is 1. The molecule has 1 aromatic carbocycles. The fraction of sp³-hybridized carbons (Fsp3) is 0.167. The second-order valence-electron chi connectivity index (χ2n) is 3.56. The van der Waals surface area contributed by atoms with E-state index in [0.717, 1.165) is 11.4 Å². The summed E-state index contributed by atoms with van der Waals surface area (Å²) >= 11 is 1.72. The van der Waals surface area contributed by atoms with Crippen molar-refractivity contribution in [3.63, 3.8) is 0 Å². The topological polar surface area (TPSA) is 21.3 Å². The van der Waals surface area contributed by atoms with Crippen LogP contribution in [0, 0.1) is 0 Å². The summed E-state index contributed by atoms with van der Waals surface area (Å²) in [5.74, 6) is 0.948. The molecule has 0 bridgehead atoms. The molecule has 1 aromatic heterocycles. The van der Waals surface area contributed by atoms with Crippen LogP contribution >= 0.6 is 11.3 Å². The third-order valence-corrected chi connectivity index (χ3v) is 3.27. The Morgan fingerprint density at radius 2 is 2.20 bits per heavy atom. The number of fused-ring (bicyclic) bond motifs is 1. The first kappa shape index (κ1) is 8.80. The quantitative estimate of drug-likeness (QED) is 0.791. The fourth-order valence-electron chi connectivity index (χ4n) is 1.77. The van der Waals surface area contributed by atoms with Gasteiger partial charge < -0.3 is 10.1 Å². The van der Waals surface area contributed by atoms with Crippen LogP contribution in [0.1, 0.15) is 11.6 Å². The molecule has 0 unspecified atom stereocenters. The van der Waals surface area contributed by atoms with Crippen molar-refractivity contribution in [3.8, 4) is 5.75 Å². The summed E-state index contributed by atoms with van der Waals surface area (Å²) in [4.78, 5) is 0. The normalized spacial score (nSPS) is 18.8. The molecule has 1 aliphatic rings. The van der Waals surface area contributed by atoms with E-state index >= 15 is 0 Å². The average Bonchev–Trinajstić information content (AvgIpc) is 2.82. The van der Waals surface area contributed by atoms with Gasteiger partial charge in [0.1, 0.15) is 12.4 Å². The number of para-hydroxylation sites is 2. The zero-order valence-corrected chi connectivity index (χ0v) is 8.96. The van der Waals surface area contributed by atoms with Gasteiger partial charge in [0, 0.05) is 0 Å². The largest absolute Gasteiger partial charge is 0.489 e. The maximum Gasteiger partial charge on any atom is 0.142 e. The van der Waals surface area contributed by atoms with Crippen LogP contribution in [0.3, 0.4) is 0 Å². The highest BCUT2D eigenvalue weighted by Crippen LogP contribution is 2.33. The second-order valence-corrected chi connectivity index (χ2v) is 4.34. The van der Waals surface area contributed by atoms with Gasteiger partial charge in [-0.25, -0.2) is 0 Å². The molecule has 1 atom stereocenters. The van der Waals surface area contributed by atoms with Crippen molar-refractivity contribution < 1.29 is 4.74 Å². The van der Waals surface area contributed by atoms with E-state index in [1.807, 2.05) is 24.3 Å². The Bertz CT molecular complexity index is 452. The maximum atomic E-state index is 5.70. The molecule has 0 fully saturated rings. The smallest absolute Gasteiger partial charge is 0.142 e. The van der Waals surface area contributed by atoms with Gasteiger partial charge in [-0.2, -0.15) is 11.3 Å². The number of thiophene rings is 1. The highest BCUT2D eigenvalue weighted by atomic mass is 32.1. The van der Waals surface area contributed by atoms with E-state index < -0.39 is 0 Å². The summed E-state index contributed by atoms with van der Waals surface area (Å²) < 4.78 is 5.70. The van der Waals surface area contributed by atoms with Crippen LogP contribution in [0.5, 0.6) is 5.75 Å². The van der Waals surface area contributed by atoms with Crippen molar-refractivity contribution >= 4 is 17.0 Å². The molecule has 0 aliphatic carbocycles. The molecule has 0 spiro atoms. The Balaban J connectivity index is 1.89. The maximum absolute atomic E-state index is 5.70. The van der Waals surface area contributed by atoms with Gasteiger partial charge in [-0.1, -0.05) is 12.1 Å². The summed E-state index contributed by atoms with van der Waals surface area (Å²) in [5.41, 5.74) is 2.38. The van der Waals surface area contributed by atoms with Crippen LogP contribution in [0.15, 0.2) is 41.1 Å². The molecule has 1 aliphatic heterocycles. The zero-order chi connectivity index (χ0) is 10.1. The SMILES string of the molecule is c1ccc2c(c1)N[C@H](c1ccsc1)CO2. The molecule has 2 aromatic rings. The number of anilines is 1. The van der Waals surface area contributed by atoms with Crippen LogP contribution in [-0.2, 0) is 0 Å². The minimum atomic E-state index is 0.283. The van der Waals surface area contributed by atoms with Gasteiger partial charge in [-0.3, -0.25) is 0 Å². The highest BCUT2D eigenvalue weighted by molar-refractivity contribution is 7.08. The molecular weight excluding hydrogens is 206 g/mol. The molecule has 2 heterocycles. The molecule has 1 N–H and O–H groups in total. The molecule has 0 saturated heterocycles. The van der Waals surface area contributed by atoms with E-state index in [-0.39, 0.29) is 6.04 Å². The lowest BCUT2D eigenvalue weighted by Crippen LogP contribution is -2.23. The Labute approximate surface area is 92.5 Å². The number of nitrogens with one attached hydrogen (secondary N) is 1. The van der Waals surface area contributed by atoms with Crippen molar-refractivity contribution in [2.75, 3.05) is 11.9 Å². The van der Waals surface area contributed by atoms with Gasteiger partial charge >= 0.3 is 0 Å². The van der Waals surface area contributed by atoms with E-state index in [1.165, 1.54) is 5.56 Å². The zero-order valence-electron chi connectivity index (χ0n) is 8.14. The Kier molecular flexibility index (Phi) is 2.10. The Hall–Kier alpha value is -1.48. The third-order valence-electron chi connectivity index (χ3n) is 2.57. The van der Waals surface area contributed by atoms with E-state index in [2.05, 4.69) is 22.1 Å². The summed E-state index contributed by atoms with van der Waals surface area (Å²) in [6, 6.07) is 10.5. The average molecular weight is 217 g/mol. The van der Waals surface area contributed by atoms with E-state index in [9.17, 15) is 0 Å². The number of hydrogen-bond donors (Lipinski definition) is 1. The van der Waals surface area contributed by atoms with Crippen LogP contribution in [-0.4, -0.2) is 6.61 Å². The number of hydrogen-bond acceptors (Lipinski definition) is 3. The van der Waals surface area contributed by atoms with Crippen molar-refractivity contribution in [2.45, 2.75) is 6.04 Å². The van der Waals surface area contributed by atoms with Crippen molar-refractivity contribution in [1.29, 1.82) is 0 Å². The van der Waals surface area contributed by atoms with Gasteiger partial charge in [0.25, 0.3) is 0 Å². The van der Waals surface area contributed by atoms with Gasteiger partial charge in [0.15, 0.2) is 0 Å². The molecule has 0 amide bonds. The molecule has 0 radical (unpaired) electrons. The molecule has 76 valence electrons. The van der Waals surface area contributed by atoms with Gasteiger partial charge in [-0.15, -0.1) is 0 Å². The molecule has 3 rings (SSSR count). The number of rotatable bonds is 1. The lowest BCUT2D eigenvalue weighted by atomic mass is 10.1. The predicted octanol–water partition coefficient (Wildman–Crippen LogP) is 3.29. The lowest BCUT2D eigenvalue weighted by molar-refractivity contribution is 0.287. The van der Waals surface area contributed by atoms with Crippen LogP contribution in [0.2, 0.25) is 0 Å². The van der Waals surface area contributed by atoms with Crippen LogP contribution in [0.4, 0.5) is 5.69 Å². The summed E-state index contributed by atoms with van der Waals surface area (Å²) in [6.07, 6.45) is 0. The molecular formula is C12H11NOS. The summed E-state index contributed by atoms with van der Waals surface area (Å²) in [6.45, 7) is 0.702. The van der Waals surface area contributed by atoms with Gasteiger partial charge in [-0.05, 0) is 34.5 Å². The van der Waals surface area contributed by atoms with E-state index in [0.29, 0.717) is 6.61 Å². The minimum Gasteiger partial charge on any atom is -0.489 e. The monoisotopic (exact) mass is 217 g/mol. The Morgan fingerprint density at radius 3 is 3.07 bits per heavy atom. The molecule has 0 saturated carbocycles. The van der Waals surface area contributed by atoms with Crippen molar-refractivity contribution in [1.82, 2.24) is 0 Å². The second kappa shape index (κ2) is 3.59. The molecule has 2 nitrogen and oxygen atoms in total. The third kappa shape index (κ3) is 1.59. The first-order valence-corrected chi connectivity index (χ1v) is 5.88. The van der Waals surface area contributed by atoms with Gasteiger partial charge in [0.2, 0.25) is 0 Å². The highest BCUT2D eigenvalue weighted by Gasteiger charge is 2.19. The lowest BCUT2D eigenvalue weighted by Gasteiger charge is -2.26.